The molecule has 0 amide bonds. The molecule has 2 rings (SSSR count). The molecule has 3 nitrogen and oxygen atoms in total. The molecule has 1 saturated carbocycles. The van der Waals surface area contributed by atoms with E-state index in [1.807, 2.05) is 17.5 Å². The smallest absolute Gasteiger partial charge is 0.0959 e. The SMILES string of the molecule is CCCC(C)(CO)NCc1cnc(C2CC2)s1. The highest BCUT2D eigenvalue weighted by Crippen LogP contribution is 2.41. The van der Waals surface area contributed by atoms with E-state index in [1.165, 1.54) is 22.7 Å². The van der Waals surface area contributed by atoms with E-state index >= 15 is 0 Å². The van der Waals surface area contributed by atoms with Crippen LogP contribution in [0.3, 0.4) is 0 Å². The van der Waals surface area contributed by atoms with Gasteiger partial charge in [0.2, 0.25) is 0 Å². The van der Waals surface area contributed by atoms with Crippen LogP contribution in [0.25, 0.3) is 0 Å². The minimum absolute atomic E-state index is 0.154. The molecule has 1 aliphatic rings. The van der Waals surface area contributed by atoms with Crippen molar-refractivity contribution in [3.05, 3.63) is 16.1 Å². The summed E-state index contributed by atoms with van der Waals surface area (Å²) < 4.78 is 0. The molecule has 4 heteroatoms. The van der Waals surface area contributed by atoms with Gasteiger partial charge in [-0.05, 0) is 26.2 Å². The second-order valence-electron chi connectivity index (χ2n) is 5.26. The quantitative estimate of drug-likeness (QED) is 0.786. The molecule has 0 bridgehead atoms. The first-order valence-electron chi connectivity index (χ1n) is 6.47. The Morgan fingerprint density at radius 3 is 2.94 bits per heavy atom. The Labute approximate surface area is 107 Å². The van der Waals surface area contributed by atoms with Crippen molar-refractivity contribution in [1.82, 2.24) is 10.3 Å². The maximum atomic E-state index is 9.42. The van der Waals surface area contributed by atoms with Crippen LogP contribution in [-0.4, -0.2) is 22.2 Å². The van der Waals surface area contributed by atoms with E-state index in [2.05, 4.69) is 24.1 Å². The lowest BCUT2D eigenvalue weighted by molar-refractivity contribution is 0.163. The van der Waals surface area contributed by atoms with Crippen molar-refractivity contribution in [2.45, 2.75) is 57.5 Å². The summed E-state index contributed by atoms with van der Waals surface area (Å²) in [6, 6.07) is 0. The van der Waals surface area contributed by atoms with Crippen molar-refractivity contribution in [3.8, 4) is 0 Å². The summed E-state index contributed by atoms with van der Waals surface area (Å²) in [6.45, 7) is 5.24. The van der Waals surface area contributed by atoms with Crippen LogP contribution in [0.1, 0.15) is 55.3 Å². The summed E-state index contributed by atoms with van der Waals surface area (Å²) >= 11 is 1.82. The van der Waals surface area contributed by atoms with Gasteiger partial charge in [0.1, 0.15) is 0 Å². The summed E-state index contributed by atoms with van der Waals surface area (Å²) in [5.74, 6) is 0.744. The number of nitrogens with one attached hydrogen (secondary N) is 1. The van der Waals surface area contributed by atoms with E-state index < -0.39 is 0 Å². The van der Waals surface area contributed by atoms with Crippen LogP contribution in [0.5, 0.6) is 0 Å². The van der Waals surface area contributed by atoms with E-state index in [9.17, 15) is 5.11 Å². The molecule has 0 aromatic carbocycles. The lowest BCUT2D eigenvalue weighted by atomic mass is 9.97. The van der Waals surface area contributed by atoms with Crippen molar-refractivity contribution in [3.63, 3.8) is 0 Å². The van der Waals surface area contributed by atoms with Crippen LogP contribution in [-0.2, 0) is 6.54 Å². The van der Waals surface area contributed by atoms with Crippen LogP contribution >= 0.6 is 11.3 Å². The molecule has 1 aliphatic carbocycles. The average molecular weight is 254 g/mol. The van der Waals surface area contributed by atoms with Gasteiger partial charge in [-0.3, -0.25) is 0 Å². The van der Waals surface area contributed by atoms with Gasteiger partial charge >= 0.3 is 0 Å². The summed E-state index contributed by atoms with van der Waals surface area (Å²) in [7, 11) is 0. The predicted molar refractivity (Wildman–Crippen MR) is 71.3 cm³/mol. The fraction of sp³-hybridized carbons (Fsp3) is 0.769. The van der Waals surface area contributed by atoms with E-state index in [4.69, 9.17) is 0 Å². The molecule has 17 heavy (non-hydrogen) atoms. The maximum Gasteiger partial charge on any atom is 0.0959 e. The van der Waals surface area contributed by atoms with Crippen LogP contribution in [0.2, 0.25) is 0 Å². The molecular weight excluding hydrogens is 232 g/mol. The molecule has 1 aromatic heterocycles. The fourth-order valence-corrected chi connectivity index (χ4v) is 3.03. The normalized spacial score (nSPS) is 19.2. The highest BCUT2D eigenvalue weighted by molar-refractivity contribution is 7.11. The third-order valence-corrected chi connectivity index (χ3v) is 4.50. The minimum atomic E-state index is -0.154. The van der Waals surface area contributed by atoms with Gasteiger partial charge in [0, 0.05) is 29.1 Å². The number of hydrogen-bond acceptors (Lipinski definition) is 4. The van der Waals surface area contributed by atoms with E-state index in [0.29, 0.717) is 0 Å². The Balaban J connectivity index is 1.86. The highest BCUT2D eigenvalue weighted by Gasteiger charge is 2.27. The lowest BCUT2D eigenvalue weighted by Crippen LogP contribution is -2.44. The fourth-order valence-electron chi connectivity index (χ4n) is 2.00. The lowest BCUT2D eigenvalue weighted by Gasteiger charge is -2.28. The number of aliphatic hydroxyl groups excluding tert-OH is 1. The molecule has 0 aliphatic heterocycles. The number of thiazole rings is 1. The Bertz CT molecular complexity index is 362. The zero-order chi connectivity index (χ0) is 12.3. The van der Waals surface area contributed by atoms with Gasteiger partial charge in [0.05, 0.1) is 11.6 Å². The van der Waals surface area contributed by atoms with Gasteiger partial charge in [-0.15, -0.1) is 11.3 Å². The van der Waals surface area contributed by atoms with Gasteiger partial charge < -0.3 is 10.4 Å². The van der Waals surface area contributed by atoms with Crippen molar-refractivity contribution in [1.29, 1.82) is 0 Å². The molecule has 0 saturated heterocycles. The van der Waals surface area contributed by atoms with Crippen LogP contribution < -0.4 is 5.32 Å². The molecule has 96 valence electrons. The highest BCUT2D eigenvalue weighted by atomic mass is 32.1. The molecule has 2 N–H and O–H groups in total. The third kappa shape index (κ3) is 3.50. The molecule has 1 fully saturated rings. The minimum Gasteiger partial charge on any atom is -0.394 e. The maximum absolute atomic E-state index is 9.42. The molecule has 1 heterocycles. The summed E-state index contributed by atoms with van der Waals surface area (Å²) in [5, 5.41) is 14.2. The number of rotatable bonds is 7. The Morgan fingerprint density at radius 1 is 1.59 bits per heavy atom. The Morgan fingerprint density at radius 2 is 2.35 bits per heavy atom. The second kappa shape index (κ2) is 5.46. The number of nitrogens with zero attached hydrogens (tertiary/aromatic N) is 1. The summed E-state index contributed by atoms with van der Waals surface area (Å²) in [4.78, 5) is 5.75. The predicted octanol–water partition coefficient (Wildman–Crippen LogP) is 2.66. The second-order valence-corrected chi connectivity index (χ2v) is 6.41. The summed E-state index contributed by atoms with van der Waals surface area (Å²) in [6.07, 6.45) is 6.68. The van der Waals surface area contributed by atoms with Crippen LogP contribution in [0.4, 0.5) is 0 Å². The van der Waals surface area contributed by atoms with Crippen molar-refractivity contribution in [2.75, 3.05) is 6.61 Å². The molecule has 0 spiro atoms. The molecule has 0 radical (unpaired) electrons. The first-order valence-corrected chi connectivity index (χ1v) is 7.29. The molecular formula is C13H22N2OS. The van der Waals surface area contributed by atoms with Crippen molar-refractivity contribution < 1.29 is 5.11 Å². The van der Waals surface area contributed by atoms with Gasteiger partial charge in [-0.25, -0.2) is 4.98 Å². The first-order chi connectivity index (χ1) is 8.17. The van der Waals surface area contributed by atoms with Gasteiger partial charge in [0.15, 0.2) is 0 Å². The van der Waals surface area contributed by atoms with E-state index in [0.717, 1.165) is 25.3 Å². The van der Waals surface area contributed by atoms with Gasteiger partial charge in [0.25, 0.3) is 0 Å². The Kier molecular flexibility index (Phi) is 4.17. The zero-order valence-corrected chi connectivity index (χ0v) is 11.5. The zero-order valence-electron chi connectivity index (χ0n) is 10.7. The summed E-state index contributed by atoms with van der Waals surface area (Å²) in [5.41, 5.74) is -0.154. The van der Waals surface area contributed by atoms with E-state index in [-0.39, 0.29) is 12.1 Å². The third-order valence-electron chi connectivity index (χ3n) is 3.34. The first kappa shape index (κ1) is 13.0. The van der Waals surface area contributed by atoms with Gasteiger partial charge in [-0.2, -0.15) is 0 Å². The Hall–Kier alpha value is -0.450. The number of aromatic nitrogens is 1. The monoisotopic (exact) mass is 254 g/mol. The number of aliphatic hydroxyl groups is 1. The number of hydrogen-bond donors (Lipinski definition) is 2. The van der Waals surface area contributed by atoms with Crippen LogP contribution in [0.15, 0.2) is 6.20 Å². The van der Waals surface area contributed by atoms with Crippen molar-refractivity contribution in [2.24, 2.45) is 0 Å². The van der Waals surface area contributed by atoms with Gasteiger partial charge in [-0.1, -0.05) is 13.3 Å². The molecule has 1 aromatic rings. The largest absolute Gasteiger partial charge is 0.394 e. The average Bonchev–Trinajstić information content (AvgIpc) is 3.07. The van der Waals surface area contributed by atoms with Crippen molar-refractivity contribution >= 4 is 11.3 Å². The molecule has 1 unspecified atom stereocenters. The topological polar surface area (TPSA) is 45.1 Å². The molecule has 1 atom stereocenters. The van der Waals surface area contributed by atoms with E-state index in [1.54, 1.807) is 0 Å². The van der Waals surface area contributed by atoms with Crippen LogP contribution in [0, 0.1) is 0 Å². The standard InChI is InChI=1S/C13H22N2OS/c1-3-6-13(2,9-16)15-8-11-7-14-12(17-11)10-4-5-10/h7,10,15-16H,3-6,8-9H2,1-2H3.